The molecule has 192 valence electrons. The summed E-state index contributed by atoms with van der Waals surface area (Å²) in [7, 11) is 0. The number of amides is 1. The molecule has 0 radical (unpaired) electrons. The Morgan fingerprint density at radius 2 is 1.89 bits per heavy atom. The van der Waals surface area contributed by atoms with Crippen molar-refractivity contribution in [2.45, 2.75) is 52.7 Å². The van der Waals surface area contributed by atoms with Crippen molar-refractivity contribution in [1.82, 2.24) is 9.80 Å². The van der Waals surface area contributed by atoms with Gasteiger partial charge in [0, 0.05) is 25.7 Å². The maximum Gasteiger partial charge on any atom is 0.412 e. The maximum absolute atomic E-state index is 12.4. The third-order valence-electron chi connectivity index (χ3n) is 7.16. The minimum absolute atomic E-state index is 0.161. The molecule has 0 unspecified atom stereocenters. The molecule has 2 aromatic rings. The van der Waals surface area contributed by atoms with Crippen LogP contribution < -0.4 is 5.32 Å². The first kappa shape index (κ1) is 26.0. The van der Waals surface area contributed by atoms with Gasteiger partial charge in [-0.05, 0) is 84.8 Å². The largest absolute Gasteiger partial charge is 0.444 e. The van der Waals surface area contributed by atoms with E-state index in [1.54, 1.807) is 6.07 Å². The van der Waals surface area contributed by atoms with Crippen LogP contribution in [0.25, 0.3) is 5.57 Å². The molecule has 2 aromatic carbocycles. The summed E-state index contributed by atoms with van der Waals surface area (Å²) in [5, 5.41) is 5.92. The predicted octanol–water partition coefficient (Wildman–Crippen LogP) is 6.35. The van der Waals surface area contributed by atoms with E-state index in [1.165, 1.54) is 38.0 Å². The Balaban J connectivity index is 1.36. The van der Waals surface area contributed by atoms with Crippen molar-refractivity contribution in [2.24, 2.45) is 11.1 Å². The molecule has 0 bridgehead atoms. The Kier molecular flexibility index (Phi) is 8.88. The van der Waals surface area contributed by atoms with E-state index in [0.29, 0.717) is 11.7 Å². The van der Waals surface area contributed by atoms with E-state index in [9.17, 15) is 9.70 Å². The van der Waals surface area contributed by atoms with Crippen molar-refractivity contribution >= 4 is 23.0 Å². The number of nitrogens with one attached hydrogen (secondary N) is 1. The summed E-state index contributed by atoms with van der Waals surface area (Å²) in [6.45, 7) is 12.1. The molecule has 2 heterocycles. The smallest absolute Gasteiger partial charge is 0.412 e. The molecule has 4 rings (SSSR count). The average molecular weight is 491 g/mol. The highest BCUT2D eigenvalue weighted by Crippen LogP contribution is 2.35. The zero-order chi connectivity index (χ0) is 25.5. The van der Waals surface area contributed by atoms with Gasteiger partial charge in [0.25, 0.3) is 0 Å². The molecule has 1 saturated heterocycles. The number of anilines is 1. The third-order valence-corrected chi connectivity index (χ3v) is 7.16. The van der Waals surface area contributed by atoms with E-state index in [-0.39, 0.29) is 12.3 Å². The number of carbonyl (C=O) groups is 1. The lowest BCUT2D eigenvalue weighted by Crippen LogP contribution is -2.46. The zero-order valence-electron chi connectivity index (χ0n) is 21.7. The van der Waals surface area contributed by atoms with E-state index in [4.69, 9.17) is 4.74 Å². The number of hydrogen-bond acceptors (Lipinski definition) is 6. The van der Waals surface area contributed by atoms with E-state index >= 15 is 0 Å². The second-order valence-electron chi connectivity index (χ2n) is 10.4. The first-order valence-corrected chi connectivity index (χ1v) is 13.0. The summed E-state index contributed by atoms with van der Waals surface area (Å²) in [6.07, 6.45) is 5.08. The van der Waals surface area contributed by atoms with Crippen molar-refractivity contribution in [3.8, 4) is 0 Å². The fourth-order valence-corrected chi connectivity index (χ4v) is 5.31. The fourth-order valence-electron chi connectivity index (χ4n) is 5.31. The van der Waals surface area contributed by atoms with E-state index in [1.807, 2.05) is 43.3 Å². The molecule has 0 saturated carbocycles. The van der Waals surface area contributed by atoms with Crippen molar-refractivity contribution in [3.63, 3.8) is 0 Å². The van der Waals surface area contributed by atoms with E-state index in [0.717, 1.165) is 42.1 Å². The van der Waals surface area contributed by atoms with Crippen LogP contribution in [0.2, 0.25) is 0 Å². The molecule has 0 aromatic heterocycles. The molecule has 2 aliphatic rings. The van der Waals surface area contributed by atoms with Gasteiger partial charge >= 0.3 is 6.09 Å². The van der Waals surface area contributed by atoms with Crippen LogP contribution in [-0.4, -0.2) is 54.7 Å². The van der Waals surface area contributed by atoms with Crippen molar-refractivity contribution in [1.29, 1.82) is 0 Å². The lowest BCUT2D eigenvalue weighted by atomic mass is 9.94. The summed E-state index contributed by atoms with van der Waals surface area (Å²) in [5.74, 6) is 0.720. The highest BCUT2D eigenvalue weighted by Gasteiger charge is 2.26. The second kappa shape index (κ2) is 12.3. The molecule has 1 fully saturated rings. The number of nitrogens with zero attached hydrogens (tertiary/aromatic N) is 3. The van der Waals surface area contributed by atoms with Gasteiger partial charge in [0.05, 0.1) is 5.69 Å². The molecule has 36 heavy (non-hydrogen) atoms. The Labute approximate surface area is 214 Å². The van der Waals surface area contributed by atoms with Gasteiger partial charge in [0.1, 0.15) is 12.3 Å². The number of likely N-dealkylation sites (tertiary alicyclic amines) is 1. The van der Waals surface area contributed by atoms with Crippen LogP contribution in [0.4, 0.5) is 16.2 Å². The number of piperidine rings is 1. The molecule has 0 atom stereocenters. The number of aryl methyl sites for hydroxylation is 1. The summed E-state index contributed by atoms with van der Waals surface area (Å²) in [5.41, 5.74) is 4.54. The Morgan fingerprint density at radius 3 is 2.53 bits per heavy atom. The molecule has 1 amide bonds. The quantitative estimate of drug-likeness (QED) is 0.436. The first-order chi connectivity index (χ1) is 17.4. The predicted molar refractivity (Wildman–Crippen MR) is 145 cm³/mol. The average Bonchev–Trinajstić information content (AvgIpc) is 2.89. The standard InChI is InChI=1S/C29H38N4O3/c1-21(2)19-32-13-11-26(12-14-32)33-15-9-24(10-16-33)25-17-22(3)28(27(18-25)31-35)30-29(34)36-20-23-7-5-4-6-8-23/h4-9,17-18,21,26H,10-16,19-20H2,1-3H3,(H,30,34). The molecule has 7 heteroatoms. The zero-order valence-corrected chi connectivity index (χ0v) is 21.7. The molecular weight excluding hydrogens is 452 g/mol. The topological polar surface area (TPSA) is 74.2 Å². The van der Waals surface area contributed by atoms with Gasteiger partial charge in [-0.3, -0.25) is 10.2 Å². The Hall–Kier alpha value is -3.03. The molecule has 0 aliphatic carbocycles. The molecule has 0 spiro atoms. The fraction of sp³-hybridized carbons (Fsp3) is 0.483. The summed E-state index contributed by atoms with van der Waals surface area (Å²) < 4.78 is 5.31. The first-order valence-electron chi connectivity index (χ1n) is 13.0. The van der Waals surface area contributed by atoms with Crippen LogP contribution >= 0.6 is 0 Å². The SMILES string of the molecule is Cc1cc(C2=CCN(C3CCN(CC(C)C)CC3)CC2)cc(N=O)c1NC(=O)OCc1ccccc1. The minimum atomic E-state index is -0.605. The van der Waals surface area contributed by atoms with Gasteiger partial charge in [-0.15, -0.1) is 4.91 Å². The number of rotatable bonds is 8. The number of hydrogen-bond donors (Lipinski definition) is 1. The summed E-state index contributed by atoms with van der Waals surface area (Å²) in [4.78, 5) is 29.2. The van der Waals surface area contributed by atoms with E-state index in [2.05, 4.69) is 40.2 Å². The highest BCUT2D eigenvalue weighted by atomic mass is 16.5. The third kappa shape index (κ3) is 6.80. The van der Waals surface area contributed by atoms with Crippen molar-refractivity contribution < 1.29 is 9.53 Å². The van der Waals surface area contributed by atoms with Crippen LogP contribution in [-0.2, 0) is 11.3 Å². The molecule has 1 N–H and O–H groups in total. The summed E-state index contributed by atoms with van der Waals surface area (Å²) >= 11 is 0. The second-order valence-corrected chi connectivity index (χ2v) is 10.4. The number of ether oxygens (including phenoxy) is 1. The lowest BCUT2D eigenvalue weighted by Gasteiger charge is -2.40. The van der Waals surface area contributed by atoms with Crippen molar-refractivity contribution in [3.05, 3.63) is 70.1 Å². The number of nitroso groups, excluding NO2 is 1. The Morgan fingerprint density at radius 1 is 1.14 bits per heavy atom. The molecular formula is C29H38N4O3. The Bertz CT molecular complexity index is 1080. The van der Waals surface area contributed by atoms with Crippen LogP contribution in [0.3, 0.4) is 0 Å². The monoisotopic (exact) mass is 490 g/mol. The lowest BCUT2D eigenvalue weighted by molar-refractivity contribution is 0.109. The van der Waals surface area contributed by atoms with Gasteiger partial charge < -0.3 is 9.64 Å². The number of benzene rings is 2. The minimum Gasteiger partial charge on any atom is -0.444 e. The highest BCUT2D eigenvalue weighted by molar-refractivity contribution is 5.91. The van der Waals surface area contributed by atoms with Gasteiger partial charge in [0.15, 0.2) is 0 Å². The maximum atomic E-state index is 12.4. The van der Waals surface area contributed by atoms with Crippen LogP contribution in [0.5, 0.6) is 0 Å². The molecule has 7 nitrogen and oxygen atoms in total. The molecule has 2 aliphatic heterocycles. The van der Waals surface area contributed by atoms with Gasteiger partial charge in [0.2, 0.25) is 0 Å². The van der Waals surface area contributed by atoms with Gasteiger partial charge in [-0.1, -0.05) is 50.3 Å². The number of carbonyl (C=O) groups excluding carboxylic acids is 1. The van der Waals surface area contributed by atoms with Crippen LogP contribution in [0.1, 0.15) is 49.8 Å². The van der Waals surface area contributed by atoms with Crippen LogP contribution in [0, 0.1) is 17.7 Å². The summed E-state index contributed by atoms with van der Waals surface area (Å²) in [6, 6.07) is 13.9. The van der Waals surface area contributed by atoms with Gasteiger partial charge in [-0.25, -0.2) is 4.79 Å². The van der Waals surface area contributed by atoms with Crippen LogP contribution in [0.15, 0.2) is 53.7 Å². The van der Waals surface area contributed by atoms with Crippen molar-refractivity contribution in [2.75, 3.05) is 38.0 Å². The van der Waals surface area contributed by atoms with Gasteiger partial charge in [-0.2, -0.15) is 0 Å². The normalized spacial score (nSPS) is 17.6. The van der Waals surface area contributed by atoms with E-state index < -0.39 is 6.09 Å².